The quantitative estimate of drug-likeness (QED) is 0.680. The van der Waals surface area contributed by atoms with E-state index in [2.05, 4.69) is 44.7 Å². The van der Waals surface area contributed by atoms with Crippen LogP contribution < -0.4 is 5.32 Å². The van der Waals surface area contributed by atoms with Crippen LogP contribution in [0.5, 0.6) is 0 Å². The normalized spacial score (nSPS) is 16.2. The highest BCUT2D eigenvalue weighted by Gasteiger charge is 2.16. The molecular weight excluding hydrogens is 352 g/mol. The van der Waals surface area contributed by atoms with Gasteiger partial charge in [0.2, 0.25) is 11.8 Å². The molecule has 0 bridgehead atoms. The molecule has 146 valence electrons. The zero-order valence-corrected chi connectivity index (χ0v) is 16.2. The Labute approximate surface area is 165 Å². The summed E-state index contributed by atoms with van der Waals surface area (Å²) in [4.78, 5) is 2.44. The summed E-state index contributed by atoms with van der Waals surface area (Å²) in [7, 11) is 0. The number of hydrogen-bond donors (Lipinski definition) is 1. The lowest BCUT2D eigenvalue weighted by atomic mass is 10.1. The fourth-order valence-electron chi connectivity index (χ4n) is 3.34. The Bertz CT molecular complexity index is 875. The molecule has 2 aromatic carbocycles. The molecule has 1 atom stereocenters. The summed E-state index contributed by atoms with van der Waals surface area (Å²) in [5.41, 5.74) is 3.58. The summed E-state index contributed by atoms with van der Waals surface area (Å²) in [5.74, 6) is 1.15. The van der Waals surface area contributed by atoms with E-state index in [1.165, 1.54) is 11.1 Å². The SMILES string of the molecule is CC(NCc1ccccc1CN1CCOCC1)c1nnc(-c2ccccc2)o1. The maximum Gasteiger partial charge on any atom is 0.247 e. The average molecular weight is 378 g/mol. The van der Waals surface area contributed by atoms with Gasteiger partial charge in [-0.2, -0.15) is 0 Å². The molecule has 1 saturated heterocycles. The minimum absolute atomic E-state index is 0.0265. The highest BCUT2D eigenvalue weighted by molar-refractivity contribution is 5.51. The molecule has 1 aromatic heterocycles. The molecule has 1 aliphatic rings. The lowest BCUT2D eigenvalue weighted by Crippen LogP contribution is -2.36. The van der Waals surface area contributed by atoms with E-state index >= 15 is 0 Å². The van der Waals surface area contributed by atoms with E-state index in [4.69, 9.17) is 9.15 Å². The van der Waals surface area contributed by atoms with E-state index < -0.39 is 0 Å². The van der Waals surface area contributed by atoms with Crippen LogP contribution in [-0.2, 0) is 17.8 Å². The van der Waals surface area contributed by atoms with Gasteiger partial charge in [-0.05, 0) is 30.2 Å². The Balaban J connectivity index is 1.38. The fraction of sp³-hybridized carbons (Fsp3) is 0.364. The van der Waals surface area contributed by atoms with Crippen LogP contribution in [0.2, 0.25) is 0 Å². The second-order valence-electron chi connectivity index (χ2n) is 7.07. The molecule has 0 radical (unpaired) electrons. The highest BCUT2D eigenvalue weighted by atomic mass is 16.5. The lowest BCUT2D eigenvalue weighted by Gasteiger charge is -2.27. The monoisotopic (exact) mass is 378 g/mol. The van der Waals surface area contributed by atoms with Gasteiger partial charge in [-0.3, -0.25) is 4.90 Å². The Morgan fingerprint density at radius 3 is 2.46 bits per heavy atom. The zero-order chi connectivity index (χ0) is 19.2. The van der Waals surface area contributed by atoms with Crippen molar-refractivity contribution >= 4 is 0 Å². The molecule has 0 aliphatic carbocycles. The minimum Gasteiger partial charge on any atom is -0.419 e. The van der Waals surface area contributed by atoms with Crippen molar-refractivity contribution in [1.82, 2.24) is 20.4 Å². The number of hydrogen-bond acceptors (Lipinski definition) is 6. The third-order valence-corrected chi connectivity index (χ3v) is 5.05. The average Bonchev–Trinajstić information content (AvgIpc) is 3.25. The van der Waals surface area contributed by atoms with Crippen LogP contribution in [0.25, 0.3) is 11.5 Å². The number of nitrogens with one attached hydrogen (secondary N) is 1. The van der Waals surface area contributed by atoms with E-state index in [1.54, 1.807) is 0 Å². The van der Waals surface area contributed by atoms with Gasteiger partial charge in [0, 0.05) is 31.7 Å². The highest BCUT2D eigenvalue weighted by Crippen LogP contribution is 2.21. The van der Waals surface area contributed by atoms with Crippen LogP contribution in [0.3, 0.4) is 0 Å². The van der Waals surface area contributed by atoms with Crippen molar-refractivity contribution in [3.8, 4) is 11.5 Å². The molecule has 3 aromatic rings. The van der Waals surface area contributed by atoms with Crippen molar-refractivity contribution in [2.24, 2.45) is 0 Å². The van der Waals surface area contributed by atoms with Gasteiger partial charge in [0.05, 0.1) is 19.3 Å². The van der Waals surface area contributed by atoms with Gasteiger partial charge >= 0.3 is 0 Å². The van der Waals surface area contributed by atoms with Gasteiger partial charge in [0.15, 0.2) is 0 Å². The first kappa shape index (κ1) is 18.8. The molecule has 1 N–H and O–H groups in total. The Hall–Kier alpha value is -2.54. The second kappa shape index (κ2) is 9.10. The van der Waals surface area contributed by atoms with Gasteiger partial charge < -0.3 is 14.5 Å². The van der Waals surface area contributed by atoms with E-state index in [1.807, 2.05) is 37.3 Å². The third-order valence-electron chi connectivity index (χ3n) is 5.05. The second-order valence-corrected chi connectivity index (χ2v) is 7.07. The predicted molar refractivity (Wildman–Crippen MR) is 108 cm³/mol. The molecule has 1 aliphatic heterocycles. The van der Waals surface area contributed by atoms with Gasteiger partial charge in [0.1, 0.15) is 0 Å². The first-order valence-corrected chi connectivity index (χ1v) is 9.78. The van der Waals surface area contributed by atoms with Gasteiger partial charge in [-0.1, -0.05) is 42.5 Å². The number of benzene rings is 2. The summed E-state index contributed by atoms with van der Waals surface area (Å²) in [5, 5.41) is 11.9. The number of nitrogens with zero attached hydrogens (tertiary/aromatic N) is 3. The molecule has 0 amide bonds. The Morgan fingerprint density at radius 1 is 0.964 bits per heavy atom. The van der Waals surface area contributed by atoms with Crippen LogP contribution in [0.1, 0.15) is 30.0 Å². The molecule has 2 heterocycles. The van der Waals surface area contributed by atoms with Crippen molar-refractivity contribution in [3.05, 3.63) is 71.6 Å². The van der Waals surface area contributed by atoms with Crippen molar-refractivity contribution in [3.63, 3.8) is 0 Å². The lowest BCUT2D eigenvalue weighted by molar-refractivity contribution is 0.0340. The smallest absolute Gasteiger partial charge is 0.247 e. The largest absolute Gasteiger partial charge is 0.419 e. The van der Waals surface area contributed by atoms with E-state index in [-0.39, 0.29) is 6.04 Å². The van der Waals surface area contributed by atoms with Crippen molar-refractivity contribution in [2.75, 3.05) is 26.3 Å². The number of rotatable bonds is 7. The van der Waals surface area contributed by atoms with E-state index in [0.717, 1.165) is 45.0 Å². The molecule has 1 unspecified atom stereocenters. The maximum absolute atomic E-state index is 5.86. The number of ether oxygens (including phenoxy) is 1. The van der Waals surface area contributed by atoms with Crippen molar-refractivity contribution < 1.29 is 9.15 Å². The fourth-order valence-corrected chi connectivity index (χ4v) is 3.34. The first-order valence-electron chi connectivity index (χ1n) is 9.78. The minimum atomic E-state index is -0.0265. The summed E-state index contributed by atoms with van der Waals surface area (Å²) in [6, 6.07) is 18.4. The molecule has 28 heavy (non-hydrogen) atoms. The third kappa shape index (κ3) is 4.65. The molecular formula is C22H26N4O2. The van der Waals surface area contributed by atoms with Gasteiger partial charge in [-0.15, -0.1) is 10.2 Å². The van der Waals surface area contributed by atoms with Crippen LogP contribution in [0.4, 0.5) is 0 Å². The summed E-state index contributed by atoms with van der Waals surface area (Å²) in [6.07, 6.45) is 0. The molecule has 4 rings (SSSR count). The van der Waals surface area contributed by atoms with E-state index in [0.29, 0.717) is 11.8 Å². The van der Waals surface area contributed by atoms with Gasteiger partial charge in [0.25, 0.3) is 0 Å². The Kier molecular flexibility index (Phi) is 6.11. The molecule has 6 heteroatoms. The molecule has 0 saturated carbocycles. The number of morpholine rings is 1. The predicted octanol–water partition coefficient (Wildman–Crippen LogP) is 3.42. The number of aromatic nitrogens is 2. The Morgan fingerprint density at radius 2 is 1.68 bits per heavy atom. The van der Waals surface area contributed by atoms with Crippen LogP contribution in [0, 0.1) is 0 Å². The summed E-state index contributed by atoms with van der Waals surface area (Å²) >= 11 is 0. The zero-order valence-electron chi connectivity index (χ0n) is 16.2. The van der Waals surface area contributed by atoms with Crippen LogP contribution >= 0.6 is 0 Å². The van der Waals surface area contributed by atoms with Crippen molar-refractivity contribution in [2.45, 2.75) is 26.1 Å². The van der Waals surface area contributed by atoms with E-state index in [9.17, 15) is 0 Å². The van der Waals surface area contributed by atoms with Crippen LogP contribution in [0.15, 0.2) is 59.0 Å². The molecule has 1 fully saturated rings. The van der Waals surface area contributed by atoms with Crippen molar-refractivity contribution in [1.29, 1.82) is 0 Å². The molecule has 0 spiro atoms. The summed E-state index contributed by atoms with van der Waals surface area (Å²) in [6.45, 7) is 7.37. The van der Waals surface area contributed by atoms with Gasteiger partial charge in [-0.25, -0.2) is 0 Å². The topological polar surface area (TPSA) is 63.4 Å². The van der Waals surface area contributed by atoms with Crippen LogP contribution in [-0.4, -0.2) is 41.4 Å². The standard InChI is InChI=1S/C22H26N4O2/c1-17(21-24-25-22(28-21)18-7-3-2-4-8-18)23-15-19-9-5-6-10-20(19)16-26-11-13-27-14-12-26/h2-10,17,23H,11-16H2,1H3. The first-order chi connectivity index (χ1) is 13.8. The summed E-state index contributed by atoms with van der Waals surface area (Å²) < 4.78 is 11.3. The maximum atomic E-state index is 5.86. The molecule has 6 nitrogen and oxygen atoms in total.